The van der Waals surface area contributed by atoms with E-state index in [2.05, 4.69) is 15.9 Å². The molecule has 2 bridgehead atoms. The molecule has 0 aliphatic carbocycles. The molecule has 1 aromatic rings. The van der Waals surface area contributed by atoms with Gasteiger partial charge in [-0.05, 0) is 24.3 Å². The molecule has 4 atom stereocenters. The molecule has 0 N–H and O–H groups in total. The van der Waals surface area contributed by atoms with Gasteiger partial charge in [0.05, 0.1) is 23.6 Å². The Labute approximate surface area is 146 Å². The Morgan fingerprint density at radius 3 is 2.88 bits per heavy atom. The van der Waals surface area contributed by atoms with Crippen LogP contribution >= 0.6 is 15.9 Å². The number of fused-ring (bicyclic) bond motifs is 5. The van der Waals surface area contributed by atoms with Crippen LogP contribution in [0.1, 0.15) is 6.92 Å². The van der Waals surface area contributed by atoms with E-state index in [0.29, 0.717) is 5.69 Å². The lowest BCUT2D eigenvalue weighted by molar-refractivity contribution is -0.150. The predicted octanol–water partition coefficient (Wildman–Crippen LogP) is 1.83. The Morgan fingerprint density at radius 1 is 1.38 bits per heavy atom. The molecule has 0 saturated carbocycles. The Balaban J connectivity index is 1.70. The van der Waals surface area contributed by atoms with Gasteiger partial charge in [0.25, 0.3) is 0 Å². The molecule has 2 fully saturated rings. The van der Waals surface area contributed by atoms with Crippen molar-refractivity contribution in [1.82, 2.24) is 0 Å². The number of benzene rings is 1. The minimum absolute atomic E-state index is 0.0676. The molecule has 4 rings (SSSR count). The molecule has 3 heterocycles. The molecule has 0 radical (unpaired) electrons. The average molecular weight is 392 g/mol. The molecule has 3 aliphatic heterocycles. The number of rotatable bonds is 3. The number of imide groups is 1. The van der Waals surface area contributed by atoms with Gasteiger partial charge >= 0.3 is 5.97 Å². The summed E-state index contributed by atoms with van der Waals surface area (Å²) in [4.78, 5) is 38.2. The monoisotopic (exact) mass is 391 g/mol. The largest absolute Gasteiger partial charge is 0.462 e. The maximum absolute atomic E-state index is 13.0. The van der Waals surface area contributed by atoms with E-state index in [4.69, 9.17) is 9.47 Å². The minimum atomic E-state index is -1.05. The van der Waals surface area contributed by atoms with Crippen molar-refractivity contribution in [2.24, 2.45) is 11.8 Å². The van der Waals surface area contributed by atoms with Gasteiger partial charge in [-0.15, -0.1) is 0 Å². The fraction of sp³-hybridized carbons (Fsp3) is 0.353. The first-order valence-electron chi connectivity index (χ1n) is 7.57. The molecule has 0 spiro atoms. The van der Waals surface area contributed by atoms with E-state index >= 15 is 0 Å². The van der Waals surface area contributed by atoms with E-state index in [1.54, 1.807) is 30.4 Å². The highest BCUT2D eigenvalue weighted by Gasteiger charge is 2.68. The van der Waals surface area contributed by atoms with Crippen molar-refractivity contribution in [3.8, 4) is 0 Å². The van der Waals surface area contributed by atoms with E-state index in [9.17, 15) is 14.4 Å². The molecule has 2 amide bonds. The van der Waals surface area contributed by atoms with Gasteiger partial charge in [0.1, 0.15) is 12.2 Å². The van der Waals surface area contributed by atoms with Crippen LogP contribution in [0.4, 0.5) is 5.69 Å². The standard InChI is InChI=1S/C17H14BrNO5/c1-9(20)23-8-17-6-5-12(24-17)13-14(17)16(22)19(15(13)21)11-4-2-3-10(18)7-11/h2-7,12-14H,8H2,1H3/t12-,13+,14+,17-/m1/s1. The first kappa shape index (κ1) is 15.5. The number of esters is 1. The topological polar surface area (TPSA) is 72.9 Å². The molecule has 7 heteroatoms. The van der Waals surface area contributed by atoms with Gasteiger partial charge in [-0.2, -0.15) is 0 Å². The summed E-state index contributed by atoms with van der Waals surface area (Å²) >= 11 is 3.35. The second-order valence-corrected chi connectivity index (χ2v) is 7.09. The molecule has 3 aliphatic rings. The van der Waals surface area contributed by atoms with E-state index < -0.39 is 29.5 Å². The third-order valence-corrected chi connectivity index (χ3v) is 5.22. The summed E-state index contributed by atoms with van der Waals surface area (Å²) in [6.45, 7) is 1.23. The number of nitrogens with zero attached hydrogens (tertiary/aromatic N) is 1. The number of carbonyl (C=O) groups excluding carboxylic acids is 3. The highest BCUT2D eigenvalue weighted by molar-refractivity contribution is 9.10. The smallest absolute Gasteiger partial charge is 0.302 e. The van der Waals surface area contributed by atoms with Crippen LogP contribution in [0.2, 0.25) is 0 Å². The minimum Gasteiger partial charge on any atom is -0.462 e. The average Bonchev–Trinajstić information content (AvgIpc) is 3.16. The second kappa shape index (κ2) is 5.26. The highest BCUT2D eigenvalue weighted by Crippen LogP contribution is 2.52. The van der Waals surface area contributed by atoms with Gasteiger partial charge in [0, 0.05) is 11.4 Å². The second-order valence-electron chi connectivity index (χ2n) is 6.17. The maximum Gasteiger partial charge on any atom is 0.302 e. The lowest BCUT2D eigenvalue weighted by Crippen LogP contribution is -2.44. The normalized spacial score (nSPS) is 33.2. The lowest BCUT2D eigenvalue weighted by atomic mass is 9.77. The van der Waals surface area contributed by atoms with Crippen molar-refractivity contribution in [1.29, 1.82) is 0 Å². The van der Waals surface area contributed by atoms with Gasteiger partial charge < -0.3 is 9.47 Å². The highest BCUT2D eigenvalue weighted by atomic mass is 79.9. The van der Waals surface area contributed by atoms with Crippen molar-refractivity contribution in [3.05, 3.63) is 40.9 Å². The molecule has 124 valence electrons. The van der Waals surface area contributed by atoms with Crippen molar-refractivity contribution < 1.29 is 23.9 Å². The molecule has 1 aromatic carbocycles. The number of halogens is 1. The zero-order valence-corrected chi connectivity index (χ0v) is 14.4. The van der Waals surface area contributed by atoms with Crippen LogP contribution in [-0.2, 0) is 23.9 Å². The zero-order chi connectivity index (χ0) is 17.1. The third-order valence-electron chi connectivity index (χ3n) is 4.72. The summed E-state index contributed by atoms with van der Waals surface area (Å²) in [6.07, 6.45) is 3.07. The van der Waals surface area contributed by atoms with Crippen LogP contribution in [0.15, 0.2) is 40.9 Å². The lowest BCUT2D eigenvalue weighted by Gasteiger charge is -2.28. The first-order chi connectivity index (χ1) is 11.4. The third kappa shape index (κ3) is 2.08. The quantitative estimate of drug-likeness (QED) is 0.446. The van der Waals surface area contributed by atoms with Crippen LogP contribution in [-0.4, -0.2) is 36.1 Å². The Bertz CT molecular complexity index is 791. The van der Waals surface area contributed by atoms with Crippen molar-refractivity contribution >= 4 is 39.4 Å². The Morgan fingerprint density at radius 2 is 2.17 bits per heavy atom. The summed E-state index contributed by atoms with van der Waals surface area (Å²) in [5.74, 6) is -2.28. The van der Waals surface area contributed by atoms with Gasteiger partial charge in [-0.3, -0.25) is 14.4 Å². The van der Waals surface area contributed by atoms with Gasteiger partial charge in [0.2, 0.25) is 11.8 Å². The van der Waals surface area contributed by atoms with Crippen LogP contribution in [0.5, 0.6) is 0 Å². The fourth-order valence-electron chi connectivity index (χ4n) is 3.75. The number of anilines is 1. The van der Waals surface area contributed by atoms with Crippen molar-refractivity contribution in [2.75, 3.05) is 11.5 Å². The van der Waals surface area contributed by atoms with Gasteiger partial charge in [0.15, 0.2) is 0 Å². The SMILES string of the molecule is CC(=O)OC[C@@]12C=C[C@@H](O1)[C@@H]1C(=O)N(c3cccc(Br)c3)C(=O)[C@H]12. The predicted molar refractivity (Wildman–Crippen MR) is 87.0 cm³/mol. The molecule has 0 unspecified atom stereocenters. The maximum atomic E-state index is 13.0. The van der Waals surface area contributed by atoms with Gasteiger partial charge in [-0.1, -0.05) is 28.1 Å². The molecule has 6 nitrogen and oxygen atoms in total. The summed E-state index contributed by atoms with van der Waals surface area (Å²) in [6, 6.07) is 7.04. The number of ether oxygens (including phenoxy) is 2. The Hall–Kier alpha value is -1.99. The molecule has 0 aromatic heterocycles. The number of hydrogen-bond donors (Lipinski definition) is 0. The summed E-state index contributed by atoms with van der Waals surface area (Å²) < 4.78 is 11.7. The first-order valence-corrected chi connectivity index (χ1v) is 8.36. The van der Waals surface area contributed by atoms with Gasteiger partial charge in [-0.25, -0.2) is 4.90 Å². The van der Waals surface area contributed by atoms with E-state index in [0.717, 1.165) is 4.47 Å². The summed E-state index contributed by atoms with van der Waals surface area (Å²) in [5.41, 5.74) is -0.523. The van der Waals surface area contributed by atoms with Crippen molar-refractivity contribution in [3.63, 3.8) is 0 Å². The number of amides is 2. The summed E-state index contributed by atoms with van der Waals surface area (Å²) in [7, 11) is 0. The van der Waals surface area contributed by atoms with Crippen molar-refractivity contribution in [2.45, 2.75) is 18.6 Å². The van der Waals surface area contributed by atoms with Crippen LogP contribution in [0.25, 0.3) is 0 Å². The summed E-state index contributed by atoms with van der Waals surface area (Å²) in [5, 5.41) is 0. The van der Waals surface area contributed by atoms with Crippen LogP contribution in [0.3, 0.4) is 0 Å². The zero-order valence-electron chi connectivity index (χ0n) is 12.8. The fourth-order valence-corrected chi connectivity index (χ4v) is 4.14. The molecule has 2 saturated heterocycles. The number of hydrogen-bond acceptors (Lipinski definition) is 5. The van der Waals surface area contributed by atoms with E-state index in [1.165, 1.54) is 11.8 Å². The molecule has 24 heavy (non-hydrogen) atoms. The number of carbonyl (C=O) groups is 3. The van der Waals surface area contributed by atoms with E-state index in [1.807, 2.05) is 6.07 Å². The Kier molecular flexibility index (Phi) is 3.40. The van der Waals surface area contributed by atoms with Crippen LogP contribution < -0.4 is 4.90 Å². The molecular weight excluding hydrogens is 378 g/mol. The van der Waals surface area contributed by atoms with Crippen LogP contribution in [0, 0.1) is 11.8 Å². The molecular formula is C17H14BrNO5. The van der Waals surface area contributed by atoms with E-state index in [-0.39, 0.29) is 18.4 Å².